The van der Waals surface area contributed by atoms with Crippen LogP contribution in [0, 0.1) is 0 Å². The zero-order valence-corrected chi connectivity index (χ0v) is 9.30. The van der Waals surface area contributed by atoms with Crippen LogP contribution in [0.5, 0.6) is 0 Å². The molecule has 0 rings (SSSR count). The molecule has 2 N–H and O–H groups in total. The SMILES string of the molecule is COC(=O)CSCC(NC(C)=O)C(=O)O. The minimum absolute atomic E-state index is 0.0693. The fourth-order valence-corrected chi connectivity index (χ4v) is 1.60. The summed E-state index contributed by atoms with van der Waals surface area (Å²) >= 11 is 1.09. The van der Waals surface area contributed by atoms with E-state index in [1.54, 1.807) is 0 Å². The smallest absolute Gasteiger partial charge is 0.327 e. The first-order chi connectivity index (χ1) is 6.97. The van der Waals surface area contributed by atoms with Crippen molar-refractivity contribution in [3.63, 3.8) is 0 Å². The Morgan fingerprint density at radius 1 is 1.47 bits per heavy atom. The molecule has 1 amide bonds. The van der Waals surface area contributed by atoms with Gasteiger partial charge in [-0.05, 0) is 0 Å². The molecule has 0 aliphatic rings. The summed E-state index contributed by atoms with van der Waals surface area (Å²) in [5.41, 5.74) is 0. The molecule has 0 aromatic rings. The van der Waals surface area contributed by atoms with Crippen molar-refractivity contribution in [2.75, 3.05) is 18.6 Å². The van der Waals surface area contributed by atoms with Crippen LogP contribution in [0.1, 0.15) is 6.92 Å². The summed E-state index contributed by atoms with van der Waals surface area (Å²) in [6.07, 6.45) is 0. The van der Waals surface area contributed by atoms with Crippen molar-refractivity contribution < 1.29 is 24.2 Å². The number of hydrogen-bond donors (Lipinski definition) is 2. The third-order valence-electron chi connectivity index (χ3n) is 1.41. The first kappa shape index (κ1) is 13.8. The Bertz CT molecular complexity index is 255. The van der Waals surface area contributed by atoms with Gasteiger partial charge in [-0.3, -0.25) is 9.59 Å². The van der Waals surface area contributed by atoms with Gasteiger partial charge in [-0.2, -0.15) is 0 Å². The summed E-state index contributed by atoms with van der Waals surface area (Å²) in [6, 6.07) is -0.975. The van der Waals surface area contributed by atoms with Crippen molar-refractivity contribution in [3.8, 4) is 0 Å². The minimum atomic E-state index is -1.12. The lowest BCUT2D eigenvalue weighted by atomic mass is 10.3. The van der Waals surface area contributed by atoms with E-state index in [1.807, 2.05) is 0 Å². The fourth-order valence-electron chi connectivity index (χ4n) is 0.739. The highest BCUT2D eigenvalue weighted by Crippen LogP contribution is 2.03. The van der Waals surface area contributed by atoms with Crippen molar-refractivity contribution in [2.45, 2.75) is 13.0 Å². The molecule has 0 radical (unpaired) electrons. The number of methoxy groups -OCH3 is 1. The van der Waals surface area contributed by atoms with Gasteiger partial charge in [0.15, 0.2) is 0 Å². The number of rotatable bonds is 6. The van der Waals surface area contributed by atoms with Gasteiger partial charge in [0.2, 0.25) is 5.91 Å². The van der Waals surface area contributed by atoms with Crippen LogP contribution in [0.4, 0.5) is 0 Å². The van der Waals surface area contributed by atoms with Gasteiger partial charge in [-0.15, -0.1) is 11.8 Å². The van der Waals surface area contributed by atoms with E-state index >= 15 is 0 Å². The molecule has 15 heavy (non-hydrogen) atoms. The van der Waals surface area contributed by atoms with Gasteiger partial charge < -0.3 is 15.2 Å². The molecule has 0 aliphatic carbocycles. The second kappa shape index (κ2) is 7.10. The first-order valence-electron chi connectivity index (χ1n) is 4.11. The van der Waals surface area contributed by atoms with Crippen LogP contribution >= 0.6 is 11.8 Å². The number of carbonyl (C=O) groups excluding carboxylic acids is 2. The molecule has 1 unspecified atom stereocenters. The minimum Gasteiger partial charge on any atom is -0.480 e. The molecular weight excluding hydrogens is 222 g/mol. The zero-order chi connectivity index (χ0) is 11.8. The largest absolute Gasteiger partial charge is 0.480 e. The highest BCUT2D eigenvalue weighted by atomic mass is 32.2. The molecule has 7 heteroatoms. The highest BCUT2D eigenvalue weighted by molar-refractivity contribution is 8.00. The van der Waals surface area contributed by atoms with E-state index in [9.17, 15) is 14.4 Å². The quantitative estimate of drug-likeness (QED) is 0.602. The van der Waals surface area contributed by atoms with E-state index in [2.05, 4.69) is 10.1 Å². The van der Waals surface area contributed by atoms with E-state index in [1.165, 1.54) is 14.0 Å². The first-order valence-corrected chi connectivity index (χ1v) is 5.27. The molecule has 1 atom stereocenters. The van der Waals surface area contributed by atoms with E-state index in [0.29, 0.717) is 0 Å². The lowest BCUT2D eigenvalue weighted by Crippen LogP contribution is -2.41. The molecule has 0 bridgehead atoms. The molecule has 86 valence electrons. The number of nitrogens with one attached hydrogen (secondary N) is 1. The number of carboxylic acid groups (broad SMARTS) is 1. The van der Waals surface area contributed by atoms with Crippen LogP contribution in [0.25, 0.3) is 0 Å². The summed E-state index contributed by atoms with van der Waals surface area (Å²) in [7, 11) is 1.26. The topological polar surface area (TPSA) is 92.7 Å². The number of carboxylic acids is 1. The van der Waals surface area contributed by atoms with Crippen LogP contribution < -0.4 is 5.32 Å². The van der Waals surface area contributed by atoms with Gasteiger partial charge in [0, 0.05) is 12.7 Å². The Morgan fingerprint density at radius 2 is 2.07 bits per heavy atom. The molecule has 0 fully saturated rings. The van der Waals surface area contributed by atoms with Crippen molar-refractivity contribution in [1.82, 2.24) is 5.32 Å². The summed E-state index contributed by atoms with van der Waals surface area (Å²) in [6.45, 7) is 1.24. The lowest BCUT2D eigenvalue weighted by molar-refractivity contribution is -0.141. The molecule has 6 nitrogen and oxygen atoms in total. The number of ether oxygens (including phenoxy) is 1. The van der Waals surface area contributed by atoms with Crippen LogP contribution in [0.2, 0.25) is 0 Å². The van der Waals surface area contributed by atoms with E-state index < -0.39 is 23.9 Å². The van der Waals surface area contributed by atoms with Crippen LogP contribution in [0.3, 0.4) is 0 Å². The summed E-state index contributed by atoms with van der Waals surface area (Å²) in [4.78, 5) is 32.0. The van der Waals surface area contributed by atoms with E-state index in [-0.39, 0.29) is 11.5 Å². The third kappa shape index (κ3) is 6.78. The number of hydrogen-bond acceptors (Lipinski definition) is 5. The predicted octanol–water partition coefficient (Wildman–Crippen LogP) is -0.518. The molecule has 0 saturated heterocycles. The van der Waals surface area contributed by atoms with Gasteiger partial charge in [0.05, 0.1) is 12.9 Å². The molecule has 0 heterocycles. The molecule has 0 saturated carbocycles. The molecule has 0 aromatic heterocycles. The van der Waals surface area contributed by atoms with Crippen molar-refractivity contribution >= 4 is 29.6 Å². The average molecular weight is 235 g/mol. The monoisotopic (exact) mass is 235 g/mol. The van der Waals surface area contributed by atoms with E-state index in [4.69, 9.17) is 5.11 Å². The van der Waals surface area contributed by atoms with Crippen LogP contribution in [-0.4, -0.2) is 47.6 Å². The van der Waals surface area contributed by atoms with Crippen molar-refractivity contribution in [2.24, 2.45) is 0 Å². The van der Waals surface area contributed by atoms with Crippen molar-refractivity contribution in [1.29, 1.82) is 0 Å². The Balaban J connectivity index is 3.91. The Hall–Kier alpha value is -1.24. The summed E-state index contributed by atoms with van der Waals surface area (Å²) in [5.74, 6) is -1.76. The fraction of sp³-hybridized carbons (Fsp3) is 0.625. The highest BCUT2D eigenvalue weighted by Gasteiger charge is 2.18. The van der Waals surface area contributed by atoms with Gasteiger partial charge in [-0.1, -0.05) is 0 Å². The summed E-state index contributed by atoms with van der Waals surface area (Å²) in [5, 5.41) is 11.0. The maximum atomic E-state index is 10.7. The van der Waals surface area contributed by atoms with Crippen LogP contribution in [0.15, 0.2) is 0 Å². The standard InChI is InChI=1S/C8H13NO5S/c1-5(10)9-6(8(12)13)3-15-4-7(11)14-2/h6H,3-4H2,1-2H3,(H,9,10)(H,12,13). The Kier molecular flexibility index (Phi) is 6.52. The number of thioether (sulfide) groups is 1. The number of esters is 1. The zero-order valence-electron chi connectivity index (χ0n) is 8.48. The number of aliphatic carboxylic acids is 1. The second-order valence-corrected chi connectivity index (χ2v) is 3.71. The third-order valence-corrected chi connectivity index (χ3v) is 2.42. The molecular formula is C8H13NO5S. The predicted molar refractivity (Wildman–Crippen MR) is 54.6 cm³/mol. The molecule has 0 spiro atoms. The van der Waals surface area contributed by atoms with Gasteiger partial charge in [-0.25, -0.2) is 4.79 Å². The van der Waals surface area contributed by atoms with Gasteiger partial charge in [0.25, 0.3) is 0 Å². The number of amides is 1. The maximum absolute atomic E-state index is 10.7. The van der Waals surface area contributed by atoms with E-state index in [0.717, 1.165) is 11.8 Å². The lowest BCUT2D eigenvalue weighted by Gasteiger charge is -2.11. The Labute approximate surface area is 91.4 Å². The second-order valence-electron chi connectivity index (χ2n) is 2.68. The molecule has 0 aliphatic heterocycles. The maximum Gasteiger partial charge on any atom is 0.327 e. The van der Waals surface area contributed by atoms with Crippen LogP contribution in [-0.2, 0) is 19.1 Å². The Morgan fingerprint density at radius 3 is 2.47 bits per heavy atom. The van der Waals surface area contributed by atoms with Crippen molar-refractivity contribution in [3.05, 3.63) is 0 Å². The normalized spacial score (nSPS) is 11.6. The van der Waals surface area contributed by atoms with Gasteiger partial charge in [0.1, 0.15) is 6.04 Å². The summed E-state index contributed by atoms with van der Waals surface area (Å²) < 4.78 is 4.38. The number of carbonyl (C=O) groups is 3. The average Bonchev–Trinajstić information content (AvgIpc) is 2.15. The molecule has 0 aromatic carbocycles. The van der Waals surface area contributed by atoms with Gasteiger partial charge >= 0.3 is 11.9 Å².